The fraction of sp³-hybridized carbons (Fsp3) is 0.200. The van der Waals surface area contributed by atoms with Crippen molar-refractivity contribution in [3.05, 3.63) is 63.6 Å². The van der Waals surface area contributed by atoms with Gasteiger partial charge in [-0.3, -0.25) is 19.6 Å². The van der Waals surface area contributed by atoms with Crippen LogP contribution in [-0.2, 0) is 10.0 Å². The van der Waals surface area contributed by atoms with Crippen molar-refractivity contribution < 1.29 is 18.0 Å². The van der Waals surface area contributed by atoms with Crippen LogP contribution in [0, 0.1) is 0 Å². The smallest absolute Gasteiger partial charge is 0.291 e. The van der Waals surface area contributed by atoms with Crippen LogP contribution in [0.3, 0.4) is 0 Å². The highest BCUT2D eigenvalue weighted by Gasteiger charge is 2.26. The lowest BCUT2D eigenvalue weighted by Crippen LogP contribution is -2.28. The van der Waals surface area contributed by atoms with Gasteiger partial charge in [0.1, 0.15) is 0 Å². The molecular weight excluding hydrogens is 509 g/mol. The summed E-state index contributed by atoms with van der Waals surface area (Å²) in [6.45, 7) is 1.27. The van der Waals surface area contributed by atoms with E-state index in [1.165, 1.54) is 24.3 Å². The zero-order valence-corrected chi connectivity index (χ0v) is 20.1. The van der Waals surface area contributed by atoms with Crippen molar-refractivity contribution >= 4 is 67.2 Å². The molecule has 1 aliphatic rings. The highest BCUT2D eigenvalue weighted by Crippen LogP contribution is 2.27. The molecule has 0 saturated carbocycles. The molecule has 2 N–H and O–H groups in total. The maximum absolute atomic E-state index is 12.9. The summed E-state index contributed by atoms with van der Waals surface area (Å²) in [5, 5.41) is 10.3. The molecule has 0 radical (unpaired) electrons. The van der Waals surface area contributed by atoms with Gasteiger partial charge < -0.3 is 4.90 Å². The number of para-hydroxylation sites is 1. The molecule has 0 bridgehead atoms. The molecule has 2 heterocycles. The van der Waals surface area contributed by atoms with Crippen LogP contribution in [0.1, 0.15) is 33.6 Å². The second kappa shape index (κ2) is 9.64. The number of benzene rings is 2. The highest BCUT2D eigenvalue weighted by atomic mass is 35.5. The number of carbonyl (C=O) groups is 2. The quantitative estimate of drug-likeness (QED) is 0.466. The van der Waals surface area contributed by atoms with Gasteiger partial charge in [-0.05, 0) is 43.2 Å². The molecule has 9 nitrogen and oxygen atoms in total. The molecule has 1 aromatic heterocycles. The molecule has 0 atom stereocenters. The highest BCUT2D eigenvalue weighted by molar-refractivity contribution is 7.94. The fourth-order valence-electron chi connectivity index (χ4n) is 3.24. The maximum atomic E-state index is 12.9. The number of aromatic nitrogens is 2. The summed E-state index contributed by atoms with van der Waals surface area (Å²) in [7, 11) is -4.16. The molecule has 1 saturated heterocycles. The minimum Gasteiger partial charge on any atom is -0.339 e. The number of anilines is 2. The van der Waals surface area contributed by atoms with E-state index in [1.807, 2.05) is 0 Å². The topological polar surface area (TPSA) is 121 Å². The van der Waals surface area contributed by atoms with E-state index in [-0.39, 0.29) is 37.2 Å². The molecule has 2 amide bonds. The number of nitrogens with one attached hydrogen (secondary N) is 2. The zero-order valence-electron chi connectivity index (χ0n) is 16.9. The van der Waals surface area contributed by atoms with Crippen LogP contribution in [0.2, 0.25) is 10.0 Å². The Hall–Kier alpha value is -2.73. The van der Waals surface area contributed by atoms with E-state index >= 15 is 0 Å². The number of halogens is 2. The van der Waals surface area contributed by atoms with E-state index in [9.17, 15) is 18.0 Å². The lowest BCUT2D eigenvalue weighted by molar-refractivity contribution is 0.0793. The Morgan fingerprint density at radius 3 is 2.45 bits per heavy atom. The van der Waals surface area contributed by atoms with Gasteiger partial charge in [-0.25, -0.2) is 0 Å². The summed E-state index contributed by atoms with van der Waals surface area (Å²) in [4.78, 5) is 26.9. The number of carbonyl (C=O) groups excluding carboxylic acids is 2. The van der Waals surface area contributed by atoms with Crippen LogP contribution in [0.5, 0.6) is 0 Å². The second-order valence-electron chi connectivity index (χ2n) is 7.10. The number of hydrogen-bond acceptors (Lipinski definition) is 7. The second-order valence-corrected chi connectivity index (χ2v) is 10.8. The Labute approximate surface area is 203 Å². The van der Waals surface area contributed by atoms with Crippen LogP contribution in [-0.4, -0.2) is 48.4 Å². The Balaban J connectivity index is 1.51. The van der Waals surface area contributed by atoms with Crippen molar-refractivity contribution in [3.8, 4) is 0 Å². The number of nitrogens with zero attached hydrogens (tertiary/aromatic N) is 3. The van der Waals surface area contributed by atoms with Gasteiger partial charge in [0.25, 0.3) is 26.2 Å². The third kappa shape index (κ3) is 5.27. The third-order valence-electron chi connectivity index (χ3n) is 4.83. The number of amides is 2. The van der Waals surface area contributed by atoms with E-state index in [0.717, 1.165) is 12.8 Å². The molecule has 4 rings (SSSR count). The molecule has 0 aliphatic carbocycles. The monoisotopic (exact) mass is 525 g/mol. The first-order valence-electron chi connectivity index (χ1n) is 9.75. The predicted octanol–water partition coefficient (Wildman–Crippen LogP) is 4.13. The average Bonchev–Trinajstić information content (AvgIpc) is 3.46. The largest absolute Gasteiger partial charge is 0.339 e. The molecule has 0 unspecified atom stereocenters. The molecule has 172 valence electrons. The van der Waals surface area contributed by atoms with Crippen LogP contribution >= 0.6 is 34.5 Å². The summed E-state index contributed by atoms with van der Waals surface area (Å²) in [6, 6.07) is 10.7. The maximum Gasteiger partial charge on any atom is 0.291 e. The van der Waals surface area contributed by atoms with Gasteiger partial charge in [0, 0.05) is 18.1 Å². The lowest BCUT2D eigenvalue weighted by atomic mass is 10.1. The van der Waals surface area contributed by atoms with E-state index < -0.39 is 15.9 Å². The normalized spacial score (nSPS) is 13.7. The standard InChI is InChI=1S/C20H17Cl2N5O4S2/c21-12-7-8-13(15(22)11-12)17(28)23-19-24-25-20(32-19)33(30,31)26-16-6-2-1-5-14(16)18(29)27-9-3-4-10-27/h1-2,5-8,11,26H,3-4,9-10H2,(H,23,24,28). The van der Waals surface area contributed by atoms with Gasteiger partial charge >= 0.3 is 0 Å². The average molecular weight is 526 g/mol. The number of hydrogen-bond donors (Lipinski definition) is 2. The number of rotatable bonds is 6. The van der Waals surface area contributed by atoms with Crippen molar-refractivity contribution in [2.75, 3.05) is 23.1 Å². The number of sulfonamides is 1. The van der Waals surface area contributed by atoms with Crippen molar-refractivity contribution in [1.29, 1.82) is 0 Å². The predicted molar refractivity (Wildman–Crippen MR) is 127 cm³/mol. The van der Waals surface area contributed by atoms with E-state index in [2.05, 4.69) is 20.2 Å². The van der Waals surface area contributed by atoms with Gasteiger partial charge in [-0.15, -0.1) is 10.2 Å². The summed E-state index contributed by atoms with van der Waals surface area (Å²) < 4.78 is 27.8. The van der Waals surface area contributed by atoms with Crippen molar-refractivity contribution in [3.63, 3.8) is 0 Å². The Morgan fingerprint density at radius 1 is 1.00 bits per heavy atom. The van der Waals surface area contributed by atoms with Gasteiger partial charge in [-0.1, -0.05) is 46.7 Å². The third-order valence-corrected chi connectivity index (χ3v) is 7.95. The van der Waals surface area contributed by atoms with Gasteiger partial charge in [0.2, 0.25) is 5.13 Å². The van der Waals surface area contributed by atoms with E-state index in [0.29, 0.717) is 29.4 Å². The van der Waals surface area contributed by atoms with Crippen LogP contribution in [0.4, 0.5) is 10.8 Å². The minimum absolute atomic E-state index is 0.0344. The Kier molecular flexibility index (Phi) is 6.84. The Bertz CT molecular complexity index is 1320. The van der Waals surface area contributed by atoms with Crippen LogP contribution in [0.15, 0.2) is 46.8 Å². The zero-order chi connectivity index (χ0) is 23.6. The first-order chi connectivity index (χ1) is 15.7. The summed E-state index contributed by atoms with van der Waals surface area (Å²) in [5.41, 5.74) is 0.537. The van der Waals surface area contributed by atoms with Gasteiger partial charge in [-0.2, -0.15) is 8.42 Å². The molecule has 1 aliphatic heterocycles. The molecule has 13 heteroatoms. The molecule has 3 aromatic rings. The molecule has 1 fully saturated rings. The van der Waals surface area contributed by atoms with Crippen LogP contribution in [0.25, 0.3) is 0 Å². The van der Waals surface area contributed by atoms with E-state index in [4.69, 9.17) is 23.2 Å². The fourth-order valence-corrected chi connectivity index (χ4v) is 5.72. The molecule has 2 aromatic carbocycles. The molecule has 33 heavy (non-hydrogen) atoms. The minimum atomic E-state index is -4.16. The first-order valence-corrected chi connectivity index (χ1v) is 12.8. The molecular formula is C20H17Cl2N5O4S2. The number of likely N-dealkylation sites (tertiary alicyclic amines) is 1. The van der Waals surface area contributed by atoms with Crippen molar-refractivity contribution in [2.24, 2.45) is 0 Å². The van der Waals surface area contributed by atoms with Crippen molar-refractivity contribution in [1.82, 2.24) is 15.1 Å². The van der Waals surface area contributed by atoms with Gasteiger partial charge in [0.05, 0.1) is 21.8 Å². The van der Waals surface area contributed by atoms with E-state index in [1.54, 1.807) is 23.1 Å². The lowest BCUT2D eigenvalue weighted by Gasteiger charge is -2.17. The summed E-state index contributed by atoms with van der Waals surface area (Å²) >= 11 is 12.5. The summed E-state index contributed by atoms with van der Waals surface area (Å²) in [5.74, 6) is -0.831. The molecule has 0 spiro atoms. The SMILES string of the molecule is O=C(Nc1nnc(S(=O)(=O)Nc2ccccc2C(=O)N2CCCC2)s1)c1ccc(Cl)cc1Cl. The van der Waals surface area contributed by atoms with Crippen molar-refractivity contribution in [2.45, 2.75) is 17.2 Å². The van der Waals surface area contributed by atoms with Gasteiger partial charge in [0.15, 0.2) is 0 Å². The van der Waals surface area contributed by atoms with Crippen LogP contribution < -0.4 is 10.0 Å². The first kappa shape index (κ1) is 23.4. The Morgan fingerprint density at radius 2 is 1.73 bits per heavy atom. The summed E-state index contributed by atoms with van der Waals surface area (Å²) in [6.07, 6.45) is 1.83.